The molecule has 0 bridgehead atoms. The lowest BCUT2D eigenvalue weighted by Gasteiger charge is -2.04. The van der Waals surface area contributed by atoms with Crippen LogP contribution in [0.15, 0.2) is 64.0 Å². The van der Waals surface area contributed by atoms with E-state index >= 15 is 0 Å². The summed E-state index contributed by atoms with van der Waals surface area (Å²) < 4.78 is 26.6. The number of carbonyl (C=O) groups is 1. The third-order valence-corrected chi connectivity index (χ3v) is 6.99. The Labute approximate surface area is 142 Å². The molecule has 4 nitrogen and oxygen atoms in total. The zero-order valence-corrected chi connectivity index (χ0v) is 14.3. The molecule has 6 heteroatoms. The number of benzene rings is 2. The van der Waals surface area contributed by atoms with Crippen LogP contribution in [-0.4, -0.2) is 20.0 Å². The number of sulfone groups is 1. The molecule has 0 aromatic heterocycles. The molecule has 0 spiro atoms. The van der Waals surface area contributed by atoms with Gasteiger partial charge in [0.25, 0.3) is 0 Å². The predicted molar refractivity (Wildman–Crippen MR) is 88.4 cm³/mol. The van der Waals surface area contributed by atoms with Crippen molar-refractivity contribution in [3.63, 3.8) is 0 Å². The Hall–Kier alpha value is -1.97. The molecule has 0 saturated heterocycles. The Morgan fingerprint density at radius 2 is 1.70 bits per heavy atom. The van der Waals surface area contributed by atoms with E-state index in [-0.39, 0.29) is 4.90 Å². The molecule has 1 aliphatic rings. The fraction of sp³-hybridized carbons (Fsp3) is 0.176. The van der Waals surface area contributed by atoms with Gasteiger partial charge in [-0.15, -0.1) is 0 Å². The van der Waals surface area contributed by atoms with Crippen LogP contribution in [0.3, 0.4) is 0 Å². The van der Waals surface area contributed by atoms with Crippen molar-refractivity contribution in [1.82, 2.24) is 0 Å². The smallest absolute Gasteiger partial charge is 0.183 e. The minimum Gasteiger partial charge on any atom is -0.302 e. The average molecular weight is 390 g/mol. The highest BCUT2D eigenvalue weighted by Gasteiger charge is 2.72. The van der Waals surface area contributed by atoms with Gasteiger partial charge in [0.1, 0.15) is 17.0 Å². The summed E-state index contributed by atoms with van der Waals surface area (Å²) in [6.07, 6.45) is 0.477. The van der Waals surface area contributed by atoms with Crippen LogP contribution in [0.4, 0.5) is 0 Å². The predicted octanol–water partition coefficient (Wildman–Crippen LogP) is 3.10. The number of hydrogen-bond acceptors (Lipinski definition) is 4. The summed E-state index contributed by atoms with van der Waals surface area (Å²) >= 11 is 3.32. The zero-order valence-electron chi connectivity index (χ0n) is 11.9. The molecule has 1 fully saturated rings. The lowest BCUT2D eigenvalue weighted by Crippen LogP contribution is -2.16. The zero-order chi connectivity index (χ0) is 16.7. The lowest BCUT2D eigenvalue weighted by molar-refractivity contribution is -0.110. The molecule has 0 aliphatic heterocycles. The van der Waals surface area contributed by atoms with Crippen molar-refractivity contribution in [1.29, 1.82) is 5.26 Å². The Bertz CT molecular complexity index is 888. The van der Waals surface area contributed by atoms with Crippen molar-refractivity contribution in [3.8, 4) is 6.07 Å². The third kappa shape index (κ3) is 2.41. The van der Waals surface area contributed by atoms with Crippen molar-refractivity contribution in [3.05, 3.63) is 64.6 Å². The summed E-state index contributed by atoms with van der Waals surface area (Å²) in [4.78, 5) is 11.7. The van der Waals surface area contributed by atoms with E-state index < -0.39 is 26.4 Å². The molecule has 23 heavy (non-hydrogen) atoms. The summed E-state index contributed by atoms with van der Waals surface area (Å²) in [7, 11) is -3.77. The molecule has 0 heterocycles. The van der Waals surface area contributed by atoms with Crippen molar-refractivity contribution >= 4 is 32.1 Å². The van der Waals surface area contributed by atoms with Gasteiger partial charge in [0, 0.05) is 10.4 Å². The fourth-order valence-corrected chi connectivity index (χ4v) is 5.51. The van der Waals surface area contributed by atoms with Gasteiger partial charge in [-0.3, -0.25) is 0 Å². The molecule has 116 valence electrons. The second-order valence-corrected chi connectivity index (χ2v) is 8.46. The molecule has 1 aliphatic carbocycles. The highest BCUT2D eigenvalue weighted by Crippen LogP contribution is 2.62. The van der Waals surface area contributed by atoms with E-state index in [9.17, 15) is 18.5 Å². The fourth-order valence-electron chi connectivity index (χ4n) is 2.99. The second kappa shape index (κ2) is 5.59. The van der Waals surface area contributed by atoms with Crippen molar-refractivity contribution in [2.45, 2.75) is 16.1 Å². The average Bonchev–Trinajstić information content (AvgIpc) is 3.27. The number of rotatable bonds is 4. The molecule has 0 radical (unpaired) electrons. The minimum atomic E-state index is -3.77. The Balaban J connectivity index is 2.09. The van der Waals surface area contributed by atoms with E-state index in [2.05, 4.69) is 15.9 Å². The summed E-state index contributed by atoms with van der Waals surface area (Å²) in [5, 5.41) is 8.41. The van der Waals surface area contributed by atoms with Crippen LogP contribution in [0.1, 0.15) is 11.5 Å². The van der Waals surface area contributed by atoms with Crippen LogP contribution in [0.25, 0.3) is 0 Å². The van der Waals surface area contributed by atoms with Crippen molar-refractivity contribution in [2.24, 2.45) is 5.41 Å². The normalized spacial score (nSPS) is 26.3. The summed E-state index contributed by atoms with van der Waals surface area (Å²) in [5.41, 5.74) is -0.853. The third-order valence-electron chi connectivity index (χ3n) is 4.20. The van der Waals surface area contributed by atoms with Gasteiger partial charge >= 0.3 is 0 Å². The first-order valence-electron chi connectivity index (χ1n) is 6.89. The van der Waals surface area contributed by atoms with Gasteiger partial charge in [-0.05, 0) is 29.8 Å². The molecule has 0 amide bonds. The quantitative estimate of drug-likeness (QED) is 0.752. The molecule has 1 saturated carbocycles. The summed E-state index contributed by atoms with van der Waals surface area (Å²) in [6.45, 7) is 0. The first-order valence-corrected chi connectivity index (χ1v) is 9.23. The Morgan fingerprint density at radius 1 is 1.09 bits per heavy atom. The van der Waals surface area contributed by atoms with E-state index in [0.29, 0.717) is 11.8 Å². The molecule has 0 N–H and O–H groups in total. The van der Waals surface area contributed by atoms with Crippen LogP contribution in [-0.2, 0) is 14.6 Å². The molecule has 2 aromatic rings. The largest absolute Gasteiger partial charge is 0.302 e. The van der Waals surface area contributed by atoms with Crippen LogP contribution in [0, 0.1) is 16.7 Å². The highest BCUT2D eigenvalue weighted by atomic mass is 79.9. The molecule has 3 rings (SSSR count). The second-order valence-electron chi connectivity index (χ2n) is 5.47. The van der Waals surface area contributed by atoms with Crippen LogP contribution in [0.2, 0.25) is 0 Å². The number of carbonyl (C=O) groups excluding carboxylic acids is 1. The van der Waals surface area contributed by atoms with Crippen LogP contribution in [0.5, 0.6) is 0 Å². The van der Waals surface area contributed by atoms with Crippen molar-refractivity contribution in [2.75, 3.05) is 0 Å². The number of nitrogens with zero attached hydrogens (tertiary/aromatic N) is 1. The summed E-state index contributed by atoms with van der Waals surface area (Å²) in [6, 6.07) is 16.9. The molecule has 3 atom stereocenters. The van der Waals surface area contributed by atoms with Gasteiger partial charge < -0.3 is 4.79 Å². The SMILES string of the molecule is N#C[C@]1(C=O)[C@H](c2ccc(Br)cc2)[C@H]1S(=O)(=O)c1ccccc1. The van der Waals surface area contributed by atoms with Crippen LogP contribution >= 0.6 is 15.9 Å². The standard InChI is InChI=1S/C17H12BrNO3S/c18-13-8-6-12(7-9-13)15-16(17(15,10-19)11-20)23(21,22)14-4-2-1-3-5-14/h1-9,11,15-16H/t15-,16-,17+/m1/s1. The topological polar surface area (TPSA) is 75.0 Å². The molecular weight excluding hydrogens is 378 g/mol. The van der Waals surface area contributed by atoms with Gasteiger partial charge in [-0.1, -0.05) is 46.3 Å². The van der Waals surface area contributed by atoms with Gasteiger partial charge in [0.2, 0.25) is 0 Å². The maximum atomic E-state index is 12.9. The van der Waals surface area contributed by atoms with Gasteiger partial charge in [0.05, 0.1) is 11.0 Å². The van der Waals surface area contributed by atoms with Gasteiger partial charge in [0.15, 0.2) is 9.84 Å². The minimum absolute atomic E-state index is 0.131. The Morgan fingerprint density at radius 3 is 2.22 bits per heavy atom. The first kappa shape index (κ1) is 15.9. The Kier molecular flexibility index (Phi) is 3.86. The van der Waals surface area contributed by atoms with E-state index in [1.54, 1.807) is 42.5 Å². The number of hydrogen-bond donors (Lipinski definition) is 0. The van der Waals surface area contributed by atoms with Crippen LogP contribution < -0.4 is 0 Å². The van der Waals surface area contributed by atoms with Crippen molar-refractivity contribution < 1.29 is 13.2 Å². The number of halogens is 1. The van der Waals surface area contributed by atoms with E-state index in [0.717, 1.165) is 4.47 Å². The molecule has 0 unspecified atom stereocenters. The number of nitriles is 1. The van der Waals surface area contributed by atoms with E-state index in [1.807, 2.05) is 6.07 Å². The molecule has 2 aromatic carbocycles. The van der Waals surface area contributed by atoms with E-state index in [1.165, 1.54) is 12.1 Å². The van der Waals surface area contributed by atoms with E-state index in [4.69, 9.17) is 0 Å². The van der Waals surface area contributed by atoms with Gasteiger partial charge in [-0.2, -0.15) is 5.26 Å². The number of aldehydes is 1. The van der Waals surface area contributed by atoms with Gasteiger partial charge in [-0.25, -0.2) is 8.42 Å². The highest BCUT2D eigenvalue weighted by molar-refractivity contribution is 9.10. The molecular formula is C17H12BrNO3S. The summed E-state index contributed by atoms with van der Waals surface area (Å²) in [5.74, 6) is -0.650. The monoisotopic (exact) mass is 389 g/mol. The lowest BCUT2D eigenvalue weighted by atomic mass is 10.0. The maximum Gasteiger partial charge on any atom is 0.183 e. The maximum absolute atomic E-state index is 12.9. The first-order chi connectivity index (χ1) is 11.0.